The number of fused-ring (bicyclic) bond motifs is 1. The number of nitrogens with one attached hydrogen (secondary N) is 1. The molecule has 1 aromatic carbocycles. The number of carbonyl (C=O) groups is 2. The number of esters is 1. The quantitative estimate of drug-likeness (QED) is 0.683. The highest BCUT2D eigenvalue weighted by molar-refractivity contribution is 7.17. The van der Waals surface area contributed by atoms with Gasteiger partial charge in [-0.1, -0.05) is 25.5 Å². The SMILES string of the molecule is CCCc1ccc(OCC(=O)Nc2sc3c(c2C(=O)OCC)CCC3)cc1. The van der Waals surface area contributed by atoms with Crippen molar-refractivity contribution in [2.45, 2.75) is 46.0 Å². The Morgan fingerprint density at radius 3 is 2.63 bits per heavy atom. The minimum Gasteiger partial charge on any atom is -0.484 e. The van der Waals surface area contributed by atoms with Crippen molar-refractivity contribution in [3.8, 4) is 5.75 Å². The van der Waals surface area contributed by atoms with Crippen LogP contribution in [-0.4, -0.2) is 25.1 Å². The molecule has 0 atom stereocenters. The fraction of sp³-hybridized carbons (Fsp3) is 0.429. The summed E-state index contributed by atoms with van der Waals surface area (Å²) in [4.78, 5) is 25.8. The first-order valence-electron chi connectivity index (χ1n) is 9.45. The van der Waals surface area contributed by atoms with Crippen molar-refractivity contribution in [3.63, 3.8) is 0 Å². The summed E-state index contributed by atoms with van der Waals surface area (Å²) in [5.41, 5.74) is 2.80. The molecule has 0 saturated heterocycles. The average molecular weight is 388 g/mol. The van der Waals surface area contributed by atoms with Crippen LogP contribution < -0.4 is 10.1 Å². The van der Waals surface area contributed by atoms with E-state index in [0.29, 0.717) is 22.9 Å². The number of benzene rings is 1. The molecule has 1 aromatic heterocycles. The van der Waals surface area contributed by atoms with E-state index in [0.717, 1.165) is 37.7 Å². The minimum atomic E-state index is -0.361. The fourth-order valence-corrected chi connectivity index (χ4v) is 4.56. The molecule has 0 spiro atoms. The Kier molecular flexibility index (Phi) is 6.50. The summed E-state index contributed by atoms with van der Waals surface area (Å²) < 4.78 is 10.8. The standard InChI is InChI=1S/C21H25NO4S/c1-3-6-14-9-11-15(12-10-14)26-13-18(23)22-20-19(21(24)25-4-2)16-7-5-8-17(16)27-20/h9-12H,3-8,13H2,1-2H3,(H,22,23). The summed E-state index contributed by atoms with van der Waals surface area (Å²) in [7, 11) is 0. The van der Waals surface area contributed by atoms with Gasteiger partial charge < -0.3 is 14.8 Å². The molecule has 0 saturated carbocycles. The van der Waals surface area contributed by atoms with Crippen molar-refractivity contribution < 1.29 is 19.1 Å². The van der Waals surface area contributed by atoms with E-state index in [9.17, 15) is 9.59 Å². The lowest BCUT2D eigenvalue weighted by molar-refractivity contribution is -0.118. The number of aryl methyl sites for hydroxylation is 2. The highest BCUT2D eigenvalue weighted by Gasteiger charge is 2.28. The molecule has 27 heavy (non-hydrogen) atoms. The zero-order valence-electron chi connectivity index (χ0n) is 15.8. The second-order valence-corrected chi connectivity index (χ2v) is 7.62. The second-order valence-electron chi connectivity index (χ2n) is 6.51. The Hall–Kier alpha value is -2.34. The zero-order chi connectivity index (χ0) is 19.2. The van der Waals surface area contributed by atoms with Crippen molar-refractivity contribution in [2.75, 3.05) is 18.5 Å². The smallest absolute Gasteiger partial charge is 0.341 e. The third-order valence-corrected chi connectivity index (χ3v) is 5.69. The molecule has 3 rings (SSSR count). The summed E-state index contributed by atoms with van der Waals surface area (Å²) in [5, 5.41) is 3.41. The van der Waals surface area contributed by atoms with Gasteiger partial charge in [-0.15, -0.1) is 11.3 Å². The Bertz CT molecular complexity index is 810. The van der Waals surface area contributed by atoms with Gasteiger partial charge in [-0.25, -0.2) is 4.79 Å². The van der Waals surface area contributed by atoms with Gasteiger partial charge in [0.15, 0.2) is 6.61 Å². The predicted octanol–water partition coefficient (Wildman–Crippen LogP) is 4.38. The topological polar surface area (TPSA) is 64.6 Å². The van der Waals surface area contributed by atoms with Crippen LogP contribution in [0.15, 0.2) is 24.3 Å². The van der Waals surface area contributed by atoms with Gasteiger partial charge in [0.1, 0.15) is 10.8 Å². The van der Waals surface area contributed by atoms with E-state index in [1.165, 1.54) is 21.8 Å². The Balaban J connectivity index is 1.63. The van der Waals surface area contributed by atoms with Crippen LogP contribution in [0.3, 0.4) is 0 Å². The lowest BCUT2D eigenvalue weighted by Crippen LogP contribution is -2.21. The van der Waals surface area contributed by atoms with Gasteiger partial charge >= 0.3 is 5.97 Å². The molecule has 0 bridgehead atoms. The van der Waals surface area contributed by atoms with Gasteiger partial charge in [0, 0.05) is 4.88 Å². The van der Waals surface area contributed by atoms with Crippen LogP contribution in [0.25, 0.3) is 0 Å². The molecule has 2 aromatic rings. The first-order valence-corrected chi connectivity index (χ1v) is 10.3. The highest BCUT2D eigenvalue weighted by atomic mass is 32.1. The maximum atomic E-state index is 12.3. The van der Waals surface area contributed by atoms with Crippen LogP contribution in [0.2, 0.25) is 0 Å². The summed E-state index contributed by atoms with van der Waals surface area (Å²) >= 11 is 1.47. The van der Waals surface area contributed by atoms with E-state index in [1.807, 2.05) is 24.3 Å². The fourth-order valence-electron chi connectivity index (χ4n) is 3.26. The van der Waals surface area contributed by atoms with Gasteiger partial charge in [-0.3, -0.25) is 4.79 Å². The molecule has 5 nitrogen and oxygen atoms in total. The summed E-state index contributed by atoms with van der Waals surface area (Å²) in [6.45, 7) is 4.13. The maximum Gasteiger partial charge on any atom is 0.341 e. The number of anilines is 1. The van der Waals surface area contributed by atoms with E-state index >= 15 is 0 Å². The first kappa shape index (κ1) is 19.4. The van der Waals surface area contributed by atoms with E-state index in [1.54, 1.807) is 6.92 Å². The zero-order valence-corrected chi connectivity index (χ0v) is 16.6. The molecule has 0 fully saturated rings. The van der Waals surface area contributed by atoms with Crippen molar-refractivity contribution >= 4 is 28.2 Å². The molecular weight excluding hydrogens is 362 g/mol. The molecule has 0 unspecified atom stereocenters. The van der Waals surface area contributed by atoms with Gasteiger partial charge in [-0.2, -0.15) is 0 Å². The van der Waals surface area contributed by atoms with Gasteiger partial charge in [0.05, 0.1) is 12.2 Å². The molecule has 0 aliphatic heterocycles. The lowest BCUT2D eigenvalue weighted by atomic mass is 10.1. The number of amides is 1. The number of thiophene rings is 1. The lowest BCUT2D eigenvalue weighted by Gasteiger charge is -2.09. The molecule has 1 amide bonds. The second kappa shape index (κ2) is 9.04. The first-order chi connectivity index (χ1) is 13.1. The molecule has 1 aliphatic rings. The number of carbonyl (C=O) groups excluding carboxylic acids is 2. The summed E-state index contributed by atoms with van der Waals surface area (Å²) in [5.74, 6) is 0.0158. The van der Waals surface area contributed by atoms with Crippen LogP contribution in [0.5, 0.6) is 5.75 Å². The summed E-state index contributed by atoms with van der Waals surface area (Å²) in [6, 6.07) is 7.78. The maximum absolute atomic E-state index is 12.3. The highest BCUT2D eigenvalue weighted by Crippen LogP contribution is 2.39. The number of hydrogen-bond acceptors (Lipinski definition) is 5. The summed E-state index contributed by atoms with van der Waals surface area (Å²) in [6.07, 6.45) is 4.97. The van der Waals surface area contributed by atoms with E-state index in [2.05, 4.69) is 12.2 Å². The molecule has 6 heteroatoms. The average Bonchev–Trinajstić information content (AvgIpc) is 3.22. The molecule has 144 valence electrons. The Morgan fingerprint density at radius 2 is 1.93 bits per heavy atom. The van der Waals surface area contributed by atoms with E-state index < -0.39 is 0 Å². The third kappa shape index (κ3) is 4.69. The Labute approximate surface area is 163 Å². The number of rotatable bonds is 8. The molecule has 1 aliphatic carbocycles. The van der Waals surface area contributed by atoms with Crippen molar-refractivity contribution in [1.29, 1.82) is 0 Å². The van der Waals surface area contributed by atoms with Crippen LogP contribution >= 0.6 is 11.3 Å². The molecule has 0 radical (unpaired) electrons. The molecular formula is C21H25NO4S. The van der Waals surface area contributed by atoms with Gasteiger partial charge in [-0.05, 0) is 55.9 Å². The third-order valence-electron chi connectivity index (χ3n) is 4.49. The normalized spacial score (nSPS) is 12.5. The van der Waals surface area contributed by atoms with E-state index in [4.69, 9.17) is 9.47 Å². The van der Waals surface area contributed by atoms with Crippen LogP contribution in [0.1, 0.15) is 53.1 Å². The molecule has 1 heterocycles. The van der Waals surface area contributed by atoms with Crippen LogP contribution in [-0.2, 0) is 28.8 Å². The minimum absolute atomic E-state index is 0.0992. The number of ether oxygens (including phenoxy) is 2. The monoisotopic (exact) mass is 387 g/mol. The van der Waals surface area contributed by atoms with Crippen LogP contribution in [0.4, 0.5) is 5.00 Å². The molecule has 1 N–H and O–H groups in total. The van der Waals surface area contributed by atoms with Crippen LogP contribution in [0, 0.1) is 0 Å². The van der Waals surface area contributed by atoms with Crippen molar-refractivity contribution in [2.24, 2.45) is 0 Å². The van der Waals surface area contributed by atoms with Crippen molar-refractivity contribution in [1.82, 2.24) is 0 Å². The predicted molar refractivity (Wildman–Crippen MR) is 107 cm³/mol. The largest absolute Gasteiger partial charge is 0.484 e. The van der Waals surface area contributed by atoms with Gasteiger partial charge in [0.2, 0.25) is 0 Å². The number of hydrogen-bond donors (Lipinski definition) is 1. The van der Waals surface area contributed by atoms with Gasteiger partial charge in [0.25, 0.3) is 5.91 Å². The van der Waals surface area contributed by atoms with Crippen molar-refractivity contribution in [3.05, 3.63) is 45.8 Å². The Morgan fingerprint density at radius 1 is 1.15 bits per heavy atom. The van der Waals surface area contributed by atoms with E-state index in [-0.39, 0.29) is 18.5 Å².